The van der Waals surface area contributed by atoms with Crippen LogP contribution >= 0.6 is 0 Å². The van der Waals surface area contributed by atoms with E-state index >= 15 is 0 Å². The number of nitrogens with one attached hydrogen (secondary N) is 1. The third-order valence-electron chi connectivity index (χ3n) is 3.54. The Morgan fingerprint density at radius 3 is 2.87 bits per heavy atom. The highest BCUT2D eigenvalue weighted by Gasteiger charge is 2.13. The third kappa shape index (κ3) is 5.21. The summed E-state index contributed by atoms with van der Waals surface area (Å²) in [5.41, 5.74) is 6.69. The topological polar surface area (TPSA) is 77.2 Å². The number of benzene rings is 1. The van der Waals surface area contributed by atoms with E-state index in [-0.39, 0.29) is 5.91 Å². The molecule has 2 aromatic rings. The van der Waals surface area contributed by atoms with Gasteiger partial charge in [-0.05, 0) is 30.9 Å². The largest absolute Gasteiger partial charge is 0.491 e. The van der Waals surface area contributed by atoms with Crippen LogP contribution in [0.2, 0.25) is 0 Å². The first-order valence-corrected chi connectivity index (χ1v) is 8.07. The quantitative estimate of drug-likeness (QED) is 0.734. The smallest absolute Gasteiger partial charge is 0.236 e. The molecule has 0 fully saturated rings. The Hall–Kier alpha value is -2.14. The summed E-state index contributed by atoms with van der Waals surface area (Å²) in [4.78, 5) is 16.1. The summed E-state index contributed by atoms with van der Waals surface area (Å²) in [6.45, 7) is 5.19. The number of ether oxygens (including phenoxy) is 1. The number of fused-ring (bicyclic) bond motifs is 1. The molecule has 0 spiro atoms. The van der Waals surface area contributed by atoms with Gasteiger partial charge in [0.25, 0.3) is 0 Å². The van der Waals surface area contributed by atoms with Gasteiger partial charge in [-0.2, -0.15) is 0 Å². The second kappa shape index (κ2) is 8.48. The number of amides is 1. The molecule has 0 radical (unpaired) electrons. The SMILES string of the molecule is CC(C)C[C@H](N)C(=O)NCCCOc1cccc2cccnc12. The second-order valence-corrected chi connectivity index (χ2v) is 6.06. The van der Waals surface area contributed by atoms with Gasteiger partial charge < -0.3 is 15.8 Å². The number of pyridine rings is 1. The summed E-state index contributed by atoms with van der Waals surface area (Å²) in [6.07, 6.45) is 3.18. The predicted molar refractivity (Wildman–Crippen MR) is 92.3 cm³/mol. The van der Waals surface area contributed by atoms with Crippen LogP contribution in [0.4, 0.5) is 0 Å². The summed E-state index contributed by atoms with van der Waals surface area (Å²) >= 11 is 0. The van der Waals surface area contributed by atoms with E-state index in [9.17, 15) is 4.79 Å². The normalized spacial score (nSPS) is 12.3. The lowest BCUT2D eigenvalue weighted by Crippen LogP contribution is -2.41. The van der Waals surface area contributed by atoms with Crippen LogP contribution in [0.3, 0.4) is 0 Å². The van der Waals surface area contributed by atoms with E-state index in [0.29, 0.717) is 25.5 Å². The Morgan fingerprint density at radius 1 is 1.30 bits per heavy atom. The molecular weight excluding hydrogens is 290 g/mol. The van der Waals surface area contributed by atoms with Crippen molar-refractivity contribution in [3.05, 3.63) is 36.5 Å². The second-order valence-electron chi connectivity index (χ2n) is 6.06. The molecule has 23 heavy (non-hydrogen) atoms. The van der Waals surface area contributed by atoms with Crippen LogP contribution < -0.4 is 15.8 Å². The molecule has 5 nitrogen and oxygen atoms in total. The van der Waals surface area contributed by atoms with Crippen molar-refractivity contribution >= 4 is 16.8 Å². The van der Waals surface area contributed by atoms with Gasteiger partial charge in [0, 0.05) is 18.1 Å². The zero-order chi connectivity index (χ0) is 16.7. The van der Waals surface area contributed by atoms with Gasteiger partial charge in [-0.1, -0.05) is 32.0 Å². The molecule has 0 bridgehead atoms. The van der Waals surface area contributed by atoms with Crippen molar-refractivity contribution in [1.29, 1.82) is 0 Å². The maximum atomic E-state index is 11.8. The van der Waals surface area contributed by atoms with Crippen molar-refractivity contribution in [2.75, 3.05) is 13.2 Å². The molecule has 0 saturated heterocycles. The number of hydrogen-bond donors (Lipinski definition) is 2. The molecule has 1 heterocycles. The molecule has 0 saturated carbocycles. The average Bonchev–Trinajstić information content (AvgIpc) is 2.53. The highest BCUT2D eigenvalue weighted by atomic mass is 16.5. The summed E-state index contributed by atoms with van der Waals surface area (Å²) < 4.78 is 5.78. The zero-order valence-electron chi connectivity index (χ0n) is 13.8. The predicted octanol–water partition coefficient (Wildman–Crippen LogP) is 2.49. The van der Waals surface area contributed by atoms with E-state index in [1.165, 1.54) is 0 Å². The van der Waals surface area contributed by atoms with Gasteiger partial charge in [0.2, 0.25) is 5.91 Å². The molecule has 1 atom stereocenters. The Balaban J connectivity index is 1.74. The van der Waals surface area contributed by atoms with Crippen LogP contribution in [0.1, 0.15) is 26.7 Å². The Kier molecular flexibility index (Phi) is 6.35. The van der Waals surface area contributed by atoms with Gasteiger partial charge >= 0.3 is 0 Å². The van der Waals surface area contributed by atoms with Gasteiger partial charge in [-0.25, -0.2) is 0 Å². The molecule has 124 valence electrons. The summed E-state index contributed by atoms with van der Waals surface area (Å²) in [5, 5.41) is 3.91. The van der Waals surface area contributed by atoms with Crippen molar-refractivity contribution in [2.45, 2.75) is 32.7 Å². The number of aromatic nitrogens is 1. The van der Waals surface area contributed by atoms with E-state index in [2.05, 4.69) is 24.1 Å². The molecule has 2 rings (SSSR count). The molecule has 3 N–H and O–H groups in total. The molecular formula is C18H25N3O2. The molecule has 5 heteroatoms. The van der Waals surface area contributed by atoms with Crippen molar-refractivity contribution in [2.24, 2.45) is 11.7 Å². The standard InChI is InChI=1S/C18H25N3O2/c1-13(2)12-15(19)18(22)21-10-5-11-23-16-8-3-6-14-7-4-9-20-17(14)16/h3-4,6-9,13,15H,5,10-12,19H2,1-2H3,(H,21,22)/t15-/m0/s1. The fourth-order valence-electron chi connectivity index (χ4n) is 2.40. The average molecular weight is 315 g/mol. The minimum atomic E-state index is -0.432. The highest BCUT2D eigenvalue weighted by Crippen LogP contribution is 2.22. The number of nitrogens with zero attached hydrogens (tertiary/aromatic N) is 1. The molecule has 1 aromatic carbocycles. The third-order valence-corrected chi connectivity index (χ3v) is 3.54. The lowest BCUT2D eigenvalue weighted by atomic mass is 10.0. The molecule has 0 unspecified atom stereocenters. The van der Waals surface area contributed by atoms with Gasteiger partial charge in [0.15, 0.2) is 0 Å². The lowest BCUT2D eigenvalue weighted by Gasteiger charge is -2.14. The number of para-hydroxylation sites is 1. The summed E-state index contributed by atoms with van der Waals surface area (Å²) in [6, 6.07) is 9.34. The van der Waals surface area contributed by atoms with Crippen LogP contribution in [0, 0.1) is 5.92 Å². The van der Waals surface area contributed by atoms with E-state index in [1.807, 2.05) is 30.3 Å². The van der Waals surface area contributed by atoms with Gasteiger partial charge in [0.1, 0.15) is 11.3 Å². The molecule has 1 aromatic heterocycles. The Bertz CT molecular complexity index is 638. The van der Waals surface area contributed by atoms with E-state index < -0.39 is 6.04 Å². The number of carbonyl (C=O) groups excluding carboxylic acids is 1. The highest BCUT2D eigenvalue weighted by molar-refractivity contribution is 5.84. The van der Waals surface area contributed by atoms with Crippen LogP contribution in [-0.2, 0) is 4.79 Å². The fourth-order valence-corrected chi connectivity index (χ4v) is 2.40. The first-order valence-electron chi connectivity index (χ1n) is 8.07. The molecule has 0 aliphatic heterocycles. The fraction of sp³-hybridized carbons (Fsp3) is 0.444. The maximum absolute atomic E-state index is 11.8. The van der Waals surface area contributed by atoms with E-state index in [0.717, 1.165) is 23.1 Å². The number of nitrogens with two attached hydrogens (primary N) is 1. The summed E-state index contributed by atoms with van der Waals surface area (Å²) in [7, 11) is 0. The van der Waals surface area contributed by atoms with Crippen LogP contribution in [-0.4, -0.2) is 30.1 Å². The van der Waals surface area contributed by atoms with Gasteiger partial charge in [0.05, 0.1) is 12.6 Å². The van der Waals surface area contributed by atoms with Gasteiger partial charge in [-0.3, -0.25) is 9.78 Å². The van der Waals surface area contributed by atoms with Crippen molar-refractivity contribution in [3.63, 3.8) is 0 Å². The minimum Gasteiger partial charge on any atom is -0.491 e. The Morgan fingerprint density at radius 2 is 2.09 bits per heavy atom. The lowest BCUT2D eigenvalue weighted by molar-refractivity contribution is -0.122. The minimum absolute atomic E-state index is 0.0921. The van der Waals surface area contributed by atoms with Crippen molar-refractivity contribution < 1.29 is 9.53 Å². The van der Waals surface area contributed by atoms with Crippen molar-refractivity contribution in [1.82, 2.24) is 10.3 Å². The molecule has 0 aliphatic carbocycles. The summed E-state index contributed by atoms with van der Waals surface area (Å²) in [5.74, 6) is 1.09. The van der Waals surface area contributed by atoms with E-state index in [4.69, 9.17) is 10.5 Å². The van der Waals surface area contributed by atoms with Gasteiger partial charge in [-0.15, -0.1) is 0 Å². The monoisotopic (exact) mass is 315 g/mol. The number of carbonyl (C=O) groups is 1. The molecule has 0 aliphatic rings. The first kappa shape index (κ1) is 17.2. The molecule has 1 amide bonds. The maximum Gasteiger partial charge on any atom is 0.236 e. The van der Waals surface area contributed by atoms with Crippen LogP contribution in [0.5, 0.6) is 5.75 Å². The zero-order valence-corrected chi connectivity index (χ0v) is 13.8. The first-order chi connectivity index (χ1) is 11.1. The number of hydrogen-bond acceptors (Lipinski definition) is 4. The van der Waals surface area contributed by atoms with E-state index in [1.54, 1.807) is 6.20 Å². The number of rotatable bonds is 8. The Labute approximate surface area is 137 Å². The van der Waals surface area contributed by atoms with Crippen molar-refractivity contribution in [3.8, 4) is 5.75 Å². The van der Waals surface area contributed by atoms with Crippen LogP contribution in [0.25, 0.3) is 10.9 Å². The van der Waals surface area contributed by atoms with Crippen LogP contribution in [0.15, 0.2) is 36.5 Å².